The molecule has 1 heterocycles. The number of nitrogens with zero attached hydrogens (tertiary/aromatic N) is 2. The van der Waals surface area contributed by atoms with E-state index in [1.54, 1.807) is 10.9 Å². The summed E-state index contributed by atoms with van der Waals surface area (Å²) >= 11 is 0. The average molecular weight is 219 g/mol. The number of hydrogen-bond donors (Lipinski definition) is 1. The zero-order valence-electron chi connectivity index (χ0n) is 10.2. The van der Waals surface area contributed by atoms with Crippen molar-refractivity contribution in [3.63, 3.8) is 0 Å². The SMILES string of the molecule is C=Cn1cc(CNC2CCCC2(C)C)cn1. The summed E-state index contributed by atoms with van der Waals surface area (Å²) < 4.78 is 1.75. The smallest absolute Gasteiger partial charge is 0.0538 e. The van der Waals surface area contributed by atoms with Gasteiger partial charge in [-0.2, -0.15) is 5.10 Å². The molecule has 0 spiro atoms. The van der Waals surface area contributed by atoms with Gasteiger partial charge < -0.3 is 5.32 Å². The van der Waals surface area contributed by atoms with E-state index in [0.29, 0.717) is 11.5 Å². The van der Waals surface area contributed by atoms with Crippen LogP contribution in [0.2, 0.25) is 0 Å². The second-order valence-corrected chi connectivity index (χ2v) is 5.33. The lowest BCUT2D eigenvalue weighted by Gasteiger charge is -2.27. The van der Waals surface area contributed by atoms with Crippen LogP contribution in [0, 0.1) is 5.41 Å². The zero-order valence-corrected chi connectivity index (χ0v) is 10.2. The summed E-state index contributed by atoms with van der Waals surface area (Å²) in [7, 11) is 0. The van der Waals surface area contributed by atoms with Gasteiger partial charge in [0.2, 0.25) is 0 Å². The fraction of sp³-hybridized carbons (Fsp3) is 0.615. The molecule has 0 aliphatic heterocycles. The Hall–Kier alpha value is -1.09. The maximum atomic E-state index is 4.17. The molecule has 1 atom stereocenters. The molecule has 0 bridgehead atoms. The normalized spacial score (nSPS) is 23.5. The Morgan fingerprint density at radius 2 is 2.50 bits per heavy atom. The lowest BCUT2D eigenvalue weighted by molar-refractivity contribution is 0.282. The van der Waals surface area contributed by atoms with Gasteiger partial charge >= 0.3 is 0 Å². The van der Waals surface area contributed by atoms with Gasteiger partial charge in [0.25, 0.3) is 0 Å². The van der Waals surface area contributed by atoms with Crippen molar-refractivity contribution in [3.05, 3.63) is 24.5 Å². The predicted molar refractivity (Wildman–Crippen MR) is 66.9 cm³/mol. The lowest BCUT2D eigenvalue weighted by atomic mass is 9.87. The van der Waals surface area contributed by atoms with Crippen molar-refractivity contribution < 1.29 is 0 Å². The predicted octanol–water partition coefficient (Wildman–Crippen LogP) is 2.65. The molecule has 1 aliphatic rings. The van der Waals surface area contributed by atoms with E-state index in [-0.39, 0.29) is 0 Å². The van der Waals surface area contributed by atoms with E-state index in [1.807, 2.05) is 12.4 Å². The first-order valence-electron chi connectivity index (χ1n) is 6.01. The van der Waals surface area contributed by atoms with E-state index in [1.165, 1.54) is 24.8 Å². The Morgan fingerprint density at radius 3 is 3.06 bits per heavy atom. The Morgan fingerprint density at radius 1 is 1.69 bits per heavy atom. The van der Waals surface area contributed by atoms with Gasteiger partial charge in [0.15, 0.2) is 0 Å². The molecule has 16 heavy (non-hydrogen) atoms. The summed E-state index contributed by atoms with van der Waals surface area (Å²) in [5.74, 6) is 0. The molecule has 1 N–H and O–H groups in total. The molecule has 2 rings (SSSR count). The van der Waals surface area contributed by atoms with Crippen molar-refractivity contribution in [1.82, 2.24) is 15.1 Å². The third kappa shape index (κ3) is 2.35. The third-order valence-electron chi connectivity index (χ3n) is 3.65. The first-order chi connectivity index (χ1) is 7.62. The molecule has 0 saturated heterocycles. The van der Waals surface area contributed by atoms with E-state index in [9.17, 15) is 0 Å². The molecule has 1 aromatic rings. The Bertz CT molecular complexity index is 365. The molecule has 1 aliphatic carbocycles. The first kappa shape index (κ1) is 11.4. The van der Waals surface area contributed by atoms with Crippen LogP contribution in [0.4, 0.5) is 0 Å². The molecule has 3 heteroatoms. The standard InChI is InChI=1S/C13H21N3/c1-4-16-10-11(9-15-16)8-14-12-6-5-7-13(12,2)3/h4,9-10,12,14H,1,5-8H2,2-3H3. The second kappa shape index (κ2) is 4.42. The van der Waals surface area contributed by atoms with Gasteiger partial charge in [-0.3, -0.25) is 0 Å². The molecule has 0 amide bonds. The van der Waals surface area contributed by atoms with Crippen LogP contribution in [-0.2, 0) is 6.54 Å². The van der Waals surface area contributed by atoms with Crippen LogP contribution in [0.25, 0.3) is 6.20 Å². The molecule has 88 valence electrons. The number of nitrogens with one attached hydrogen (secondary N) is 1. The van der Waals surface area contributed by atoms with E-state index in [2.05, 4.69) is 30.8 Å². The topological polar surface area (TPSA) is 29.9 Å². The number of aromatic nitrogens is 2. The maximum Gasteiger partial charge on any atom is 0.0538 e. The van der Waals surface area contributed by atoms with E-state index >= 15 is 0 Å². The van der Waals surface area contributed by atoms with E-state index in [0.717, 1.165) is 6.54 Å². The van der Waals surface area contributed by atoms with E-state index in [4.69, 9.17) is 0 Å². The Labute approximate surface area is 97.5 Å². The average Bonchev–Trinajstić information content (AvgIpc) is 2.81. The van der Waals surface area contributed by atoms with Crippen LogP contribution in [0.5, 0.6) is 0 Å². The summed E-state index contributed by atoms with van der Waals surface area (Å²) in [5, 5.41) is 7.81. The van der Waals surface area contributed by atoms with Gasteiger partial charge in [0, 0.05) is 30.5 Å². The highest BCUT2D eigenvalue weighted by molar-refractivity contribution is 5.17. The minimum absolute atomic E-state index is 0.439. The Balaban J connectivity index is 1.89. The van der Waals surface area contributed by atoms with Gasteiger partial charge in [0.05, 0.1) is 6.20 Å². The highest BCUT2D eigenvalue weighted by atomic mass is 15.2. The molecule has 1 saturated carbocycles. The zero-order chi connectivity index (χ0) is 11.6. The summed E-state index contributed by atoms with van der Waals surface area (Å²) in [6.07, 6.45) is 9.59. The van der Waals surface area contributed by atoms with Gasteiger partial charge in [-0.05, 0) is 18.3 Å². The van der Waals surface area contributed by atoms with Crippen LogP contribution < -0.4 is 5.32 Å². The quantitative estimate of drug-likeness (QED) is 0.843. The van der Waals surface area contributed by atoms with Gasteiger partial charge in [-0.1, -0.05) is 26.8 Å². The van der Waals surface area contributed by atoms with Gasteiger partial charge in [-0.15, -0.1) is 0 Å². The van der Waals surface area contributed by atoms with Gasteiger partial charge in [0.1, 0.15) is 0 Å². The molecule has 0 aromatic carbocycles. The molecule has 3 nitrogen and oxygen atoms in total. The van der Waals surface area contributed by atoms with Crippen molar-refractivity contribution in [2.75, 3.05) is 0 Å². The molecular weight excluding hydrogens is 198 g/mol. The van der Waals surface area contributed by atoms with Crippen LogP contribution in [-0.4, -0.2) is 15.8 Å². The van der Waals surface area contributed by atoms with Crippen molar-refractivity contribution in [3.8, 4) is 0 Å². The van der Waals surface area contributed by atoms with Crippen molar-refractivity contribution in [2.24, 2.45) is 5.41 Å². The minimum Gasteiger partial charge on any atom is -0.309 e. The molecule has 1 aromatic heterocycles. The highest BCUT2D eigenvalue weighted by Gasteiger charge is 2.33. The summed E-state index contributed by atoms with van der Waals surface area (Å²) in [5.41, 5.74) is 1.66. The van der Waals surface area contributed by atoms with Crippen molar-refractivity contribution in [2.45, 2.75) is 45.7 Å². The minimum atomic E-state index is 0.439. The van der Waals surface area contributed by atoms with Crippen LogP contribution in [0.1, 0.15) is 38.7 Å². The van der Waals surface area contributed by atoms with Crippen LogP contribution >= 0.6 is 0 Å². The maximum absolute atomic E-state index is 4.17. The molecular formula is C13H21N3. The fourth-order valence-electron chi connectivity index (χ4n) is 2.51. The lowest BCUT2D eigenvalue weighted by Crippen LogP contribution is -2.37. The molecule has 1 unspecified atom stereocenters. The second-order valence-electron chi connectivity index (χ2n) is 5.33. The van der Waals surface area contributed by atoms with Crippen molar-refractivity contribution in [1.29, 1.82) is 0 Å². The van der Waals surface area contributed by atoms with Crippen molar-refractivity contribution >= 4 is 6.20 Å². The van der Waals surface area contributed by atoms with Crippen LogP contribution in [0.3, 0.4) is 0 Å². The molecule has 1 fully saturated rings. The number of rotatable bonds is 4. The van der Waals surface area contributed by atoms with Crippen LogP contribution in [0.15, 0.2) is 19.0 Å². The number of hydrogen-bond acceptors (Lipinski definition) is 2. The van der Waals surface area contributed by atoms with Gasteiger partial charge in [-0.25, -0.2) is 4.68 Å². The first-order valence-corrected chi connectivity index (χ1v) is 6.01. The fourth-order valence-corrected chi connectivity index (χ4v) is 2.51. The highest BCUT2D eigenvalue weighted by Crippen LogP contribution is 2.37. The summed E-state index contributed by atoms with van der Waals surface area (Å²) in [6, 6.07) is 0.639. The third-order valence-corrected chi connectivity index (χ3v) is 3.65. The summed E-state index contributed by atoms with van der Waals surface area (Å²) in [6.45, 7) is 9.29. The monoisotopic (exact) mass is 219 g/mol. The Kier molecular flexibility index (Phi) is 3.15. The summed E-state index contributed by atoms with van der Waals surface area (Å²) in [4.78, 5) is 0. The van der Waals surface area contributed by atoms with E-state index < -0.39 is 0 Å². The molecule has 0 radical (unpaired) electrons. The largest absolute Gasteiger partial charge is 0.309 e.